The van der Waals surface area contributed by atoms with Crippen molar-refractivity contribution in [2.75, 3.05) is 24.5 Å². The summed E-state index contributed by atoms with van der Waals surface area (Å²) >= 11 is 0. The predicted octanol–water partition coefficient (Wildman–Crippen LogP) is 6.02. The first-order chi connectivity index (χ1) is 15.1. The smallest absolute Gasteiger partial charge is 0.258 e. The van der Waals surface area contributed by atoms with Gasteiger partial charge in [-0.1, -0.05) is 73.2 Å². The number of nitrogens with zero attached hydrogens (tertiary/aromatic N) is 2. The molecule has 0 aliphatic carbocycles. The molecule has 4 rings (SSSR count). The van der Waals surface area contributed by atoms with Gasteiger partial charge in [0.05, 0.1) is 0 Å². The zero-order valence-electron chi connectivity index (χ0n) is 19.0. The Hall–Kier alpha value is -2.62. The summed E-state index contributed by atoms with van der Waals surface area (Å²) in [6.07, 6.45) is 2.06. The Morgan fingerprint density at radius 1 is 0.938 bits per heavy atom. The van der Waals surface area contributed by atoms with E-state index in [4.69, 9.17) is 0 Å². The van der Waals surface area contributed by atoms with Gasteiger partial charge in [0.15, 0.2) is 0 Å². The standard InChI is InChI=1S/C28H32N2O.ClH/c1-22-13-15-25(16-14-22)28(31)30(26-11-7-4-8-12-26)27-18-20-29(21-23(27)2)19-17-24-9-5-3-6-10-24;/h3-16,23,27H,17-21H2,1-2H3;1H. The maximum atomic E-state index is 13.6. The van der Waals surface area contributed by atoms with Gasteiger partial charge in [0.2, 0.25) is 0 Å². The minimum Gasteiger partial charge on any atom is -0.305 e. The fourth-order valence-electron chi connectivity index (χ4n) is 4.62. The maximum Gasteiger partial charge on any atom is 0.258 e. The Balaban J connectivity index is 0.00000289. The summed E-state index contributed by atoms with van der Waals surface area (Å²) in [6.45, 7) is 7.45. The van der Waals surface area contributed by atoms with E-state index < -0.39 is 0 Å². The molecule has 2 unspecified atom stereocenters. The van der Waals surface area contributed by atoms with Crippen LogP contribution in [0.5, 0.6) is 0 Å². The molecule has 1 amide bonds. The number of halogens is 1. The van der Waals surface area contributed by atoms with E-state index in [9.17, 15) is 4.79 Å². The van der Waals surface area contributed by atoms with Crippen molar-refractivity contribution >= 4 is 24.0 Å². The monoisotopic (exact) mass is 448 g/mol. The van der Waals surface area contributed by atoms with Crippen molar-refractivity contribution < 1.29 is 4.79 Å². The molecule has 1 heterocycles. The van der Waals surface area contributed by atoms with Gasteiger partial charge in [-0.2, -0.15) is 0 Å². The number of benzene rings is 3. The summed E-state index contributed by atoms with van der Waals surface area (Å²) in [4.78, 5) is 18.2. The summed E-state index contributed by atoms with van der Waals surface area (Å²) in [6, 6.07) is 29.0. The molecule has 1 saturated heterocycles. The van der Waals surface area contributed by atoms with Gasteiger partial charge in [-0.25, -0.2) is 0 Å². The second-order valence-electron chi connectivity index (χ2n) is 8.75. The average molecular weight is 449 g/mol. The number of aryl methyl sites for hydroxylation is 1. The Morgan fingerprint density at radius 2 is 1.56 bits per heavy atom. The molecule has 3 aromatic rings. The minimum atomic E-state index is 0. The number of carbonyl (C=O) groups is 1. The molecular formula is C28H33ClN2O. The number of amides is 1. The van der Waals surface area contributed by atoms with E-state index in [1.165, 1.54) is 11.1 Å². The molecule has 2 atom stereocenters. The lowest BCUT2D eigenvalue weighted by atomic mass is 9.91. The van der Waals surface area contributed by atoms with E-state index in [1.807, 2.05) is 47.4 Å². The Labute approximate surface area is 198 Å². The topological polar surface area (TPSA) is 23.6 Å². The van der Waals surface area contributed by atoms with Gasteiger partial charge < -0.3 is 9.80 Å². The van der Waals surface area contributed by atoms with Crippen molar-refractivity contribution in [1.82, 2.24) is 4.90 Å². The van der Waals surface area contributed by atoms with Crippen LogP contribution in [0.1, 0.15) is 34.8 Å². The predicted molar refractivity (Wildman–Crippen MR) is 136 cm³/mol. The van der Waals surface area contributed by atoms with Crippen molar-refractivity contribution in [3.05, 3.63) is 102 Å². The van der Waals surface area contributed by atoms with Crippen molar-refractivity contribution in [2.24, 2.45) is 5.92 Å². The van der Waals surface area contributed by atoms with Crippen LogP contribution in [0.25, 0.3) is 0 Å². The average Bonchev–Trinajstić information content (AvgIpc) is 2.81. The highest BCUT2D eigenvalue weighted by Gasteiger charge is 2.34. The highest BCUT2D eigenvalue weighted by molar-refractivity contribution is 6.06. The number of rotatable bonds is 6. The van der Waals surface area contributed by atoms with Crippen molar-refractivity contribution in [1.29, 1.82) is 0 Å². The first kappa shape index (κ1) is 24.0. The van der Waals surface area contributed by atoms with Crippen molar-refractivity contribution in [2.45, 2.75) is 32.7 Å². The van der Waals surface area contributed by atoms with E-state index in [2.05, 4.69) is 61.2 Å². The summed E-state index contributed by atoms with van der Waals surface area (Å²) in [5.74, 6) is 0.500. The summed E-state index contributed by atoms with van der Waals surface area (Å²) in [7, 11) is 0. The molecule has 168 valence electrons. The Morgan fingerprint density at radius 3 is 2.19 bits per heavy atom. The Kier molecular flexibility index (Phi) is 8.49. The van der Waals surface area contributed by atoms with E-state index in [0.29, 0.717) is 5.92 Å². The molecule has 4 heteroatoms. The SMILES string of the molecule is Cc1ccc(C(=O)N(c2ccccc2)C2CCN(CCc3ccccc3)CC2C)cc1.Cl. The van der Waals surface area contributed by atoms with Crippen LogP contribution in [0.3, 0.4) is 0 Å². The first-order valence-corrected chi connectivity index (χ1v) is 11.3. The summed E-state index contributed by atoms with van der Waals surface area (Å²) < 4.78 is 0. The fraction of sp³-hybridized carbons (Fsp3) is 0.321. The van der Waals surface area contributed by atoms with Gasteiger partial charge >= 0.3 is 0 Å². The van der Waals surface area contributed by atoms with Gasteiger partial charge in [0.1, 0.15) is 0 Å². The fourth-order valence-corrected chi connectivity index (χ4v) is 4.62. The van der Waals surface area contributed by atoms with E-state index in [0.717, 1.165) is 43.7 Å². The second kappa shape index (κ2) is 11.3. The zero-order chi connectivity index (χ0) is 21.6. The zero-order valence-corrected chi connectivity index (χ0v) is 19.8. The molecule has 3 aromatic carbocycles. The van der Waals surface area contributed by atoms with E-state index >= 15 is 0 Å². The summed E-state index contributed by atoms with van der Waals surface area (Å²) in [5.41, 5.74) is 4.30. The second-order valence-corrected chi connectivity index (χ2v) is 8.75. The van der Waals surface area contributed by atoms with Crippen molar-refractivity contribution in [3.63, 3.8) is 0 Å². The van der Waals surface area contributed by atoms with E-state index in [1.54, 1.807) is 0 Å². The third kappa shape index (κ3) is 5.79. The van der Waals surface area contributed by atoms with Crippen LogP contribution in [0.4, 0.5) is 5.69 Å². The number of anilines is 1. The van der Waals surface area contributed by atoms with Gasteiger partial charge in [-0.05, 0) is 55.5 Å². The number of para-hydroxylation sites is 1. The van der Waals surface area contributed by atoms with Crippen LogP contribution >= 0.6 is 12.4 Å². The lowest BCUT2D eigenvalue weighted by Crippen LogP contribution is -2.52. The van der Waals surface area contributed by atoms with Gasteiger partial charge in [0, 0.05) is 36.9 Å². The quantitative estimate of drug-likeness (QED) is 0.460. The van der Waals surface area contributed by atoms with Crippen LogP contribution < -0.4 is 4.90 Å². The Bertz CT molecular complexity index is 975. The van der Waals surface area contributed by atoms with Gasteiger partial charge in [-0.15, -0.1) is 12.4 Å². The molecule has 0 saturated carbocycles. The molecule has 32 heavy (non-hydrogen) atoms. The largest absolute Gasteiger partial charge is 0.305 e. The normalized spacial score (nSPS) is 18.6. The molecule has 1 aliphatic heterocycles. The number of piperidine rings is 1. The number of hydrogen-bond donors (Lipinski definition) is 0. The molecule has 0 bridgehead atoms. The highest BCUT2D eigenvalue weighted by Crippen LogP contribution is 2.29. The van der Waals surface area contributed by atoms with Crippen LogP contribution in [0.15, 0.2) is 84.9 Å². The van der Waals surface area contributed by atoms with E-state index in [-0.39, 0.29) is 24.4 Å². The third-order valence-electron chi connectivity index (χ3n) is 6.39. The van der Waals surface area contributed by atoms with Crippen LogP contribution in [0.2, 0.25) is 0 Å². The molecule has 3 nitrogen and oxygen atoms in total. The molecule has 0 aromatic heterocycles. The molecular weight excluding hydrogens is 416 g/mol. The van der Waals surface area contributed by atoms with Gasteiger partial charge in [-0.3, -0.25) is 4.79 Å². The molecule has 1 fully saturated rings. The van der Waals surface area contributed by atoms with Crippen LogP contribution in [-0.2, 0) is 6.42 Å². The molecule has 1 aliphatic rings. The summed E-state index contributed by atoms with van der Waals surface area (Å²) in [5, 5.41) is 0. The van der Waals surface area contributed by atoms with Crippen LogP contribution in [-0.4, -0.2) is 36.5 Å². The van der Waals surface area contributed by atoms with Crippen LogP contribution in [0, 0.1) is 12.8 Å². The number of hydrogen-bond acceptors (Lipinski definition) is 2. The minimum absolute atomic E-state index is 0. The molecule has 0 N–H and O–H groups in total. The molecule has 0 radical (unpaired) electrons. The van der Waals surface area contributed by atoms with Gasteiger partial charge in [0.25, 0.3) is 5.91 Å². The lowest BCUT2D eigenvalue weighted by molar-refractivity contribution is 0.0933. The lowest BCUT2D eigenvalue weighted by Gasteiger charge is -2.43. The molecule has 0 spiro atoms. The first-order valence-electron chi connectivity index (χ1n) is 11.3. The van der Waals surface area contributed by atoms with Crippen molar-refractivity contribution in [3.8, 4) is 0 Å². The third-order valence-corrected chi connectivity index (χ3v) is 6.39. The highest BCUT2D eigenvalue weighted by atomic mass is 35.5. The number of likely N-dealkylation sites (tertiary alicyclic amines) is 1. The number of carbonyl (C=O) groups excluding carboxylic acids is 1. The maximum absolute atomic E-state index is 13.6.